The van der Waals surface area contributed by atoms with Gasteiger partial charge in [-0.1, -0.05) is 142 Å². The molecule has 0 aliphatic carbocycles. The second-order valence-corrected chi connectivity index (χ2v) is 18.4. The predicted octanol–water partition coefficient (Wildman–Crippen LogP) is 7.34. The number of rotatable bonds is 34. The molecule has 19 heteroatoms. The number of aliphatic hydroxyl groups excluding tert-OH is 2. The van der Waals surface area contributed by atoms with Crippen molar-refractivity contribution in [2.45, 2.75) is 205 Å². The molecule has 0 bridgehead atoms. The number of phosphoric acid groups is 2. The monoisotopic (exact) mass is 883 g/mol. The summed E-state index contributed by atoms with van der Waals surface area (Å²) in [6, 6.07) is 1.42. The number of nitrogens with zero attached hydrogens (tertiary/aromatic N) is 2. The molecule has 0 radical (unpaired) electrons. The number of phosphoric ester groups is 1. The van der Waals surface area contributed by atoms with Crippen LogP contribution in [0.3, 0.4) is 0 Å². The minimum Gasteiger partial charge on any atom is -0.394 e. The first-order valence-electron chi connectivity index (χ1n) is 21.8. The molecule has 1 aromatic rings. The number of ketones is 2. The second kappa shape index (κ2) is 31.0. The van der Waals surface area contributed by atoms with Crippen LogP contribution >= 0.6 is 15.6 Å². The van der Waals surface area contributed by atoms with Crippen molar-refractivity contribution in [2.75, 3.05) is 18.9 Å². The number of hydrogen-bond acceptors (Lipinski definition) is 13. The number of aromatic nitrogens is 2. The Labute approximate surface area is 350 Å². The number of Topliss-reactive ketones (excluding diaryl/α,β-unsaturated/α-hetero) is 2. The molecule has 59 heavy (non-hydrogen) atoms. The summed E-state index contributed by atoms with van der Waals surface area (Å²) in [4.78, 5) is 66.8. The largest absolute Gasteiger partial charge is 0.481 e. The van der Waals surface area contributed by atoms with Gasteiger partial charge in [-0.3, -0.25) is 18.7 Å². The van der Waals surface area contributed by atoms with Crippen molar-refractivity contribution in [1.82, 2.24) is 9.55 Å². The number of nitrogens with two attached hydrogens (primary N) is 1. The van der Waals surface area contributed by atoms with Crippen LogP contribution in [-0.4, -0.2) is 82.1 Å². The van der Waals surface area contributed by atoms with Crippen molar-refractivity contribution in [1.29, 1.82) is 0 Å². The standard InChI is InChI=1S/C31H60O5.C9H15N3O9P2/c1-3-5-7-9-11-13-15-17-19-21-23-25-28(33)31(36,30(35)27-32)29(34)26-24-22-20-18-16-14-12-10-8-6-4-2;10-7-3-4-12(9(13)11-7)8-2-1-6(20-8)5-19-23(17,18)21-22(14,15)16/h30,32,35-36H,3-27H2,1-2H3;3-4,6,8H,1-2,5H2,(H,17,18)(H2,10,11,13)(H2,14,15,16)/t;6-,8+/m.0/s1. The molecule has 8 N–H and O–H groups in total. The molecule has 4 atom stereocenters. The first-order valence-corrected chi connectivity index (χ1v) is 24.8. The van der Waals surface area contributed by atoms with Crippen LogP contribution in [0.15, 0.2) is 17.1 Å². The Morgan fingerprint density at radius 1 is 0.814 bits per heavy atom. The van der Waals surface area contributed by atoms with Gasteiger partial charge >= 0.3 is 21.3 Å². The number of aliphatic hydroxyl groups is 3. The van der Waals surface area contributed by atoms with E-state index < -0.39 is 70.2 Å². The summed E-state index contributed by atoms with van der Waals surface area (Å²) in [5, 5.41) is 30.3. The maximum absolute atomic E-state index is 12.7. The SMILES string of the molecule is CCCCCCCCCCCCCC(=O)C(O)(C(=O)CCCCCCCCCCCCC)C(O)CO.Nc1ccn([C@H]2CC[C@@H](COP(=O)(O)OP(=O)(O)O)O2)c(=O)n1. The highest BCUT2D eigenvalue weighted by atomic mass is 31.3. The lowest BCUT2D eigenvalue weighted by molar-refractivity contribution is -0.166. The van der Waals surface area contributed by atoms with Crippen molar-refractivity contribution < 1.29 is 62.3 Å². The van der Waals surface area contributed by atoms with Crippen LogP contribution in [-0.2, 0) is 32.3 Å². The number of carbonyl (C=O) groups is 2. The van der Waals surface area contributed by atoms with Crippen molar-refractivity contribution >= 4 is 33.0 Å². The number of anilines is 1. The molecule has 1 aliphatic rings. The summed E-state index contributed by atoms with van der Waals surface area (Å²) < 4.78 is 36.6. The number of carbonyl (C=O) groups excluding carboxylic acids is 2. The van der Waals surface area contributed by atoms with E-state index in [0.29, 0.717) is 25.7 Å². The topological polar surface area (TPSA) is 278 Å². The van der Waals surface area contributed by atoms with Crippen LogP contribution in [0, 0.1) is 0 Å². The Morgan fingerprint density at radius 3 is 1.63 bits per heavy atom. The van der Waals surface area contributed by atoms with E-state index in [4.69, 9.17) is 25.2 Å². The Morgan fingerprint density at radius 2 is 1.24 bits per heavy atom. The van der Waals surface area contributed by atoms with Gasteiger partial charge in [-0.25, -0.2) is 13.9 Å². The molecule has 2 rings (SSSR count). The van der Waals surface area contributed by atoms with Crippen molar-refractivity contribution in [3.8, 4) is 0 Å². The molecule has 0 saturated carbocycles. The van der Waals surface area contributed by atoms with Crippen molar-refractivity contribution in [3.05, 3.63) is 22.7 Å². The lowest BCUT2D eigenvalue weighted by atomic mass is 9.82. The van der Waals surface area contributed by atoms with Gasteiger partial charge in [0.15, 0.2) is 11.6 Å². The summed E-state index contributed by atoms with van der Waals surface area (Å²) in [5.41, 5.74) is 2.31. The van der Waals surface area contributed by atoms with E-state index in [0.717, 1.165) is 38.5 Å². The first kappa shape index (κ1) is 55.1. The van der Waals surface area contributed by atoms with Crippen LogP contribution in [0.5, 0.6) is 0 Å². The molecule has 0 amide bonds. The van der Waals surface area contributed by atoms with Gasteiger partial charge in [0.05, 0.1) is 19.3 Å². The van der Waals surface area contributed by atoms with Gasteiger partial charge in [-0.15, -0.1) is 0 Å². The minimum atomic E-state index is -5.16. The molecular formula is C40H75N3O14P2. The molecule has 0 aromatic carbocycles. The lowest BCUT2D eigenvalue weighted by Gasteiger charge is -2.29. The minimum absolute atomic E-state index is 0.0641. The van der Waals surface area contributed by atoms with Gasteiger partial charge in [-0.05, 0) is 31.7 Å². The summed E-state index contributed by atoms with van der Waals surface area (Å²) in [6.45, 7) is 3.21. The van der Waals surface area contributed by atoms with Crippen LogP contribution in [0.4, 0.5) is 5.82 Å². The molecule has 0 spiro atoms. The molecule has 17 nitrogen and oxygen atoms in total. The number of hydrogen-bond donors (Lipinski definition) is 7. The Balaban J connectivity index is 0.000000646. The van der Waals surface area contributed by atoms with Crippen molar-refractivity contribution in [3.63, 3.8) is 0 Å². The quantitative estimate of drug-likeness (QED) is 0.0202. The summed E-state index contributed by atoms with van der Waals surface area (Å²) in [6.07, 6.45) is 24.6. The molecule has 1 saturated heterocycles. The smallest absolute Gasteiger partial charge is 0.394 e. The van der Waals surface area contributed by atoms with Gasteiger partial charge in [0.1, 0.15) is 18.1 Å². The van der Waals surface area contributed by atoms with Crippen LogP contribution in [0.2, 0.25) is 0 Å². The maximum atomic E-state index is 12.7. The third-order valence-corrected chi connectivity index (χ3v) is 12.6. The summed E-state index contributed by atoms with van der Waals surface area (Å²) in [5.74, 6) is -1.22. The molecule has 1 aliphatic heterocycles. The fourth-order valence-electron chi connectivity index (χ4n) is 6.93. The first-order chi connectivity index (χ1) is 28.0. The second-order valence-electron chi connectivity index (χ2n) is 15.6. The van der Waals surface area contributed by atoms with E-state index >= 15 is 0 Å². The number of nitrogen functional groups attached to an aromatic ring is 1. The maximum Gasteiger partial charge on any atom is 0.481 e. The highest BCUT2D eigenvalue weighted by molar-refractivity contribution is 7.60. The van der Waals surface area contributed by atoms with Gasteiger partial charge < -0.3 is 40.5 Å². The third-order valence-electron chi connectivity index (χ3n) is 10.4. The van der Waals surface area contributed by atoms with E-state index in [1.165, 1.54) is 107 Å². The van der Waals surface area contributed by atoms with E-state index in [-0.39, 0.29) is 18.7 Å². The zero-order valence-corrected chi connectivity index (χ0v) is 37.3. The summed E-state index contributed by atoms with van der Waals surface area (Å²) in [7, 11) is -10.1. The summed E-state index contributed by atoms with van der Waals surface area (Å²) >= 11 is 0. The fraction of sp³-hybridized carbons (Fsp3) is 0.850. The Hall–Kier alpha value is -1.88. The lowest BCUT2D eigenvalue weighted by Crippen LogP contribution is -2.57. The van der Waals surface area contributed by atoms with E-state index in [1.807, 2.05) is 0 Å². The van der Waals surface area contributed by atoms with Gasteiger partial charge in [-0.2, -0.15) is 9.29 Å². The predicted molar refractivity (Wildman–Crippen MR) is 225 cm³/mol. The Bertz CT molecular complexity index is 1420. The Kier molecular flexibility index (Phi) is 29.0. The molecule has 1 aromatic heterocycles. The zero-order valence-electron chi connectivity index (χ0n) is 35.5. The van der Waals surface area contributed by atoms with Crippen molar-refractivity contribution in [2.24, 2.45) is 0 Å². The van der Waals surface area contributed by atoms with Gasteiger partial charge in [0.25, 0.3) is 0 Å². The molecule has 344 valence electrons. The fourth-order valence-corrected chi connectivity index (χ4v) is 8.55. The van der Waals surface area contributed by atoms with Gasteiger partial charge in [0, 0.05) is 19.0 Å². The van der Waals surface area contributed by atoms with E-state index in [1.54, 1.807) is 0 Å². The highest BCUT2D eigenvalue weighted by Gasteiger charge is 2.48. The van der Waals surface area contributed by atoms with Gasteiger partial charge in [0.2, 0.25) is 5.60 Å². The zero-order chi connectivity index (χ0) is 44.2. The average molecular weight is 884 g/mol. The third kappa shape index (κ3) is 24.4. The molecule has 2 heterocycles. The van der Waals surface area contributed by atoms with Crippen LogP contribution < -0.4 is 11.4 Å². The normalized spacial score (nSPS) is 17.3. The van der Waals surface area contributed by atoms with E-state index in [9.17, 15) is 38.8 Å². The van der Waals surface area contributed by atoms with E-state index in [2.05, 4.69) is 27.7 Å². The molecule has 2 unspecified atom stereocenters. The average Bonchev–Trinajstić information content (AvgIpc) is 3.65. The molecule has 1 fully saturated rings. The number of unbranched alkanes of at least 4 members (excludes halogenated alkanes) is 20. The molecular weight excluding hydrogens is 808 g/mol. The highest BCUT2D eigenvalue weighted by Crippen LogP contribution is 2.57. The van der Waals surface area contributed by atoms with Crippen LogP contribution in [0.25, 0.3) is 0 Å². The number of ether oxygens (including phenoxy) is 1. The van der Waals surface area contributed by atoms with Crippen LogP contribution in [0.1, 0.15) is 187 Å².